The van der Waals surface area contributed by atoms with Crippen LogP contribution in [-0.2, 0) is 17.6 Å². The van der Waals surface area contributed by atoms with Gasteiger partial charge < -0.3 is 10.2 Å². The van der Waals surface area contributed by atoms with Crippen molar-refractivity contribution < 1.29 is 4.79 Å². The summed E-state index contributed by atoms with van der Waals surface area (Å²) in [5.74, 6) is 0.951. The first kappa shape index (κ1) is 17.2. The van der Waals surface area contributed by atoms with E-state index in [-0.39, 0.29) is 5.91 Å². The smallest absolute Gasteiger partial charge is 0.238 e. The van der Waals surface area contributed by atoms with E-state index in [9.17, 15) is 4.79 Å². The fraction of sp³-hybridized carbons (Fsp3) is 0.421. The molecule has 0 saturated carbocycles. The van der Waals surface area contributed by atoms with Crippen LogP contribution in [0.2, 0.25) is 5.02 Å². The van der Waals surface area contributed by atoms with Crippen LogP contribution in [0.3, 0.4) is 0 Å². The first-order valence-electron chi connectivity index (χ1n) is 9.05. The SMILES string of the molecule is O=C(CN1CCN(c2cc3c(nn2)CCC3)CC1)Nc1cccc(Cl)c1. The number of aromatic nitrogens is 2. The molecule has 1 amide bonds. The number of aryl methyl sites for hydroxylation is 2. The maximum Gasteiger partial charge on any atom is 0.238 e. The van der Waals surface area contributed by atoms with Crippen molar-refractivity contribution in [3.05, 3.63) is 46.6 Å². The normalized spacial score (nSPS) is 17.2. The van der Waals surface area contributed by atoms with Crippen molar-refractivity contribution in [2.45, 2.75) is 19.3 Å². The van der Waals surface area contributed by atoms with Gasteiger partial charge in [-0.15, -0.1) is 5.10 Å². The third-order valence-corrected chi connectivity index (χ3v) is 5.21. The summed E-state index contributed by atoms with van der Waals surface area (Å²) in [7, 11) is 0. The van der Waals surface area contributed by atoms with Crippen molar-refractivity contribution in [1.29, 1.82) is 0 Å². The van der Waals surface area contributed by atoms with Gasteiger partial charge in [-0.25, -0.2) is 0 Å². The molecule has 2 heterocycles. The van der Waals surface area contributed by atoms with Crippen LogP contribution in [0.1, 0.15) is 17.7 Å². The van der Waals surface area contributed by atoms with Gasteiger partial charge in [0.25, 0.3) is 0 Å². The molecule has 0 radical (unpaired) electrons. The van der Waals surface area contributed by atoms with Crippen LogP contribution in [-0.4, -0.2) is 53.7 Å². The molecule has 0 bridgehead atoms. The predicted molar refractivity (Wildman–Crippen MR) is 103 cm³/mol. The number of carbonyl (C=O) groups excluding carboxylic acids is 1. The number of anilines is 2. The molecule has 2 aliphatic rings. The van der Waals surface area contributed by atoms with Gasteiger partial charge in [-0.2, -0.15) is 5.10 Å². The topological polar surface area (TPSA) is 61.4 Å². The van der Waals surface area contributed by atoms with Gasteiger partial charge in [0.05, 0.1) is 12.2 Å². The van der Waals surface area contributed by atoms with Crippen LogP contribution in [0, 0.1) is 0 Å². The maximum absolute atomic E-state index is 12.2. The van der Waals surface area contributed by atoms with E-state index in [0.29, 0.717) is 11.6 Å². The highest BCUT2D eigenvalue weighted by Gasteiger charge is 2.22. The van der Waals surface area contributed by atoms with Crippen LogP contribution in [0.15, 0.2) is 30.3 Å². The Kier molecular flexibility index (Phi) is 5.04. The molecule has 1 aromatic heterocycles. The molecule has 7 heteroatoms. The van der Waals surface area contributed by atoms with Gasteiger partial charge in [0.15, 0.2) is 5.82 Å². The molecular weight excluding hydrogens is 350 g/mol. The molecule has 136 valence electrons. The molecule has 4 rings (SSSR count). The molecule has 1 aliphatic carbocycles. The first-order chi connectivity index (χ1) is 12.7. The highest BCUT2D eigenvalue weighted by atomic mass is 35.5. The fourth-order valence-electron chi connectivity index (χ4n) is 3.58. The summed E-state index contributed by atoms with van der Waals surface area (Å²) in [5, 5.41) is 12.3. The van der Waals surface area contributed by atoms with Gasteiger partial charge in [0.1, 0.15) is 0 Å². The van der Waals surface area contributed by atoms with Gasteiger partial charge in [-0.05, 0) is 49.1 Å². The molecule has 0 spiro atoms. The van der Waals surface area contributed by atoms with E-state index in [1.807, 2.05) is 12.1 Å². The Hall–Kier alpha value is -2.18. The lowest BCUT2D eigenvalue weighted by molar-refractivity contribution is -0.117. The number of benzene rings is 1. The predicted octanol–water partition coefficient (Wildman–Crippen LogP) is 2.38. The number of carbonyl (C=O) groups is 1. The van der Waals surface area contributed by atoms with Crippen LogP contribution in [0.25, 0.3) is 0 Å². The minimum absolute atomic E-state index is 0.0157. The lowest BCUT2D eigenvalue weighted by Gasteiger charge is -2.34. The number of nitrogens with one attached hydrogen (secondary N) is 1. The summed E-state index contributed by atoms with van der Waals surface area (Å²) >= 11 is 5.95. The van der Waals surface area contributed by atoms with Crippen molar-refractivity contribution in [3.63, 3.8) is 0 Å². The van der Waals surface area contributed by atoms with Crippen molar-refractivity contribution in [2.75, 3.05) is 42.9 Å². The summed E-state index contributed by atoms with van der Waals surface area (Å²) in [6, 6.07) is 9.40. The molecule has 1 saturated heterocycles. The molecule has 1 aromatic carbocycles. The summed E-state index contributed by atoms with van der Waals surface area (Å²) < 4.78 is 0. The number of rotatable bonds is 4. The highest BCUT2D eigenvalue weighted by molar-refractivity contribution is 6.30. The second-order valence-corrected chi connectivity index (χ2v) is 7.29. The molecular formula is C19H22ClN5O. The molecule has 26 heavy (non-hydrogen) atoms. The minimum atomic E-state index is -0.0157. The monoisotopic (exact) mass is 371 g/mol. The third-order valence-electron chi connectivity index (χ3n) is 4.98. The lowest BCUT2D eigenvalue weighted by Crippen LogP contribution is -2.49. The molecule has 1 fully saturated rings. The van der Waals surface area contributed by atoms with E-state index in [2.05, 4.69) is 31.4 Å². The Morgan fingerprint density at radius 2 is 1.96 bits per heavy atom. The van der Waals surface area contributed by atoms with E-state index in [1.54, 1.807) is 12.1 Å². The standard InChI is InChI=1S/C19H22ClN5O/c20-15-4-2-5-16(12-15)21-19(26)13-24-7-9-25(10-8-24)18-11-14-3-1-6-17(14)22-23-18/h2,4-5,11-12H,1,3,6-10,13H2,(H,21,26). The second-order valence-electron chi connectivity index (χ2n) is 6.85. The highest BCUT2D eigenvalue weighted by Crippen LogP contribution is 2.23. The van der Waals surface area contributed by atoms with Gasteiger partial charge in [0, 0.05) is 36.9 Å². The van der Waals surface area contributed by atoms with Crippen molar-refractivity contribution >= 4 is 29.0 Å². The van der Waals surface area contributed by atoms with Gasteiger partial charge in [-0.1, -0.05) is 17.7 Å². The third kappa shape index (κ3) is 3.97. The summed E-state index contributed by atoms with van der Waals surface area (Å²) in [4.78, 5) is 16.7. The molecule has 0 unspecified atom stereocenters. The quantitative estimate of drug-likeness (QED) is 0.894. The van der Waals surface area contributed by atoms with Crippen molar-refractivity contribution in [2.24, 2.45) is 0 Å². The lowest BCUT2D eigenvalue weighted by atomic mass is 10.2. The zero-order valence-corrected chi connectivity index (χ0v) is 15.4. The molecule has 2 aromatic rings. The van der Waals surface area contributed by atoms with Crippen LogP contribution in [0.5, 0.6) is 0 Å². The Bertz CT molecular complexity index is 804. The molecule has 6 nitrogen and oxygen atoms in total. The Balaban J connectivity index is 1.29. The molecule has 1 aliphatic heterocycles. The Morgan fingerprint density at radius 3 is 2.77 bits per heavy atom. The minimum Gasteiger partial charge on any atom is -0.353 e. The van der Waals surface area contributed by atoms with E-state index >= 15 is 0 Å². The number of fused-ring (bicyclic) bond motifs is 1. The van der Waals surface area contributed by atoms with Crippen molar-refractivity contribution in [3.8, 4) is 0 Å². The van der Waals surface area contributed by atoms with E-state index in [0.717, 1.165) is 56.2 Å². The fourth-order valence-corrected chi connectivity index (χ4v) is 3.77. The number of nitrogens with zero attached hydrogens (tertiary/aromatic N) is 4. The number of halogens is 1. The van der Waals surface area contributed by atoms with E-state index < -0.39 is 0 Å². The van der Waals surface area contributed by atoms with Crippen LogP contribution >= 0.6 is 11.6 Å². The van der Waals surface area contributed by atoms with Gasteiger partial charge in [-0.3, -0.25) is 9.69 Å². The van der Waals surface area contributed by atoms with E-state index in [1.165, 1.54) is 12.0 Å². The van der Waals surface area contributed by atoms with Gasteiger partial charge in [0.2, 0.25) is 5.91 Å². The molecule has 0 atom stereocenters. The Labute approximate surface area is 158 Å². The largest absolute Gasteiger partial charge is 0.353 e. The zero-order chi connectivity index (χ0) is 17.9. The second kappa shape index (κ2) is 7.60. The summed E-state index contributed by atoms with van der Waals surface area (Å²) in [6.07, 6.45) is 3.35. The first-order valence-corrected chi connectivity index (χ1v) is 9.43. The number of hydrogen-bond acceptors (Lipinski definition) is 5. The van der Waals surface area contributed by atoms with E-state index in [4.69, 9.17) is 11.6 Å². The van der Waals surface area contributed by atoms with Crippen LogP contribution < -0.4 is 10.2 Å². The van der Waals surface area contributed by atoms with Gasteiger partial charge >= 0.3 is 0 Å². The molecule has 1 N–H and O–H groups in total. The van der Waals surface area contributed by atoms with Crippen molar-refractivity contribution in [1.82, 2.24) is 15.1 Å². The Morgan fingerprint density at radius 1 is 1.12 bits per heavy atom. The number of hydrogen-bond donors (Lipinski definition) is 1. The van der Waals surface area contributed by atoms with Crippen LogP contribution in [0.4, 0.5) is 11.5 Å². The average molecular weight is 372 g/mol. The summed E-state index contributed by atoms with van der Waals surface area (Å²) in [5.41, 5.74) is 3.23. The zero-order valence-electron chi connectivity index (χ0n) is 14.6. The number of amides is 1. The number of piperazine rings is 1. The maximum atomic E-state index is 12.2. The average Bonchev–Trinajstić information content (AvgIpc) is 3.10. The summed E-state index contributed by atoms with van der Waals surface area (Å²) in [6.45, 7) is 3.77.